The average Bonchev–Trinajstić information content (AvgIpc) is 3.04. The molecule has 0 aliphatic carbocycles. The Morgan fingerprint density at radius 1 is 1.24 bits per heavy atom. The highest BCUT2D eigenvalue weighted by Crippen LogP contribution is 2.30. The second kappa shape index (κ2) is 8.05. The lowest BCUT2D eigenvalue weighted by atomic mass is 9.93. The summed E-state index contributed by atoms with van der Waals surface area (Å²) < 4.78 is 28.9. The third kappa shape index (κ3) is 4.00. The standard InChI is InChI=1S/C21H20N2O5S/c1-14-17(8-5-7-15-6-3-4-9-19(15)28-2)20(24)23(21(25)18(14)12-22)16-10-11-29(26,27)13-16/h3-9,16H,10-11,13H2,1-2H3/b7-5+,17-8+/t16-/m1/s1. The van der Waals surface area contributed by atoms with E-state index in [0.29, 0.717) is 5.75 Å². The molecule has 150 valence electrons. The molecule has 1 atom stereocenters. The molecule has 0 radical (unpaired) electrons. The Hall–Kier alpha value is -3.18. The average molecular weight is 412 g/mol. The van der Waals surface area contributed by atoms with Crippen molar-refractivity contribution in [1.29, 1.82) is 5.26 Å². The summed E-state index contributed by atoms with van der Waals surface area (Å²) in [4.78, 5) is 26.6. The number of nitrogens with zero attached hydrogens (tertiary/aromatic N) is 2. The number of para-hydroxylation sites is 1. The molecule has 0 saturated carbocycles. The maximum atomic E-state index is 13.0. The van der Waals surface area contributed by atoms with E-state index >= 15 is 0 Å². The van der Waals surface area contributed by atoms with Gasteiger partial charge in [0.05, 0.1) is 24.7 Å². The quantitative estimate of drug-likeness (QED) is 0.554. The summed E-state index contributed by atoms with van der Waals surface area (Å²) in [5.74, 6) is -1.00. The van der Waals surface area contributed by atoms with Crippen LogP contribution in [0.3, 0.4) is 0 Å². The van der Waals surface area contributed by atoms with Gasteiger partial charge < -0.3 is 4.74 Å². The van der Waals surface area contributed by atoms with E-state index in [1.807, 2.05) is 24.3 Å². The summed E-state index contributed by atoms with van der Waals surface area (Å²) in [5.41, 5.74) is 1.12. The number of hydrogen-bond donors (Lipinski definition) is 0. The van der Waals surface area contributed by atoms with Gasteiger partial charge in [0, 0.05) is 11.1 Å². The number of ether oxygens (including phenoxy) is 1. The Morgan fingerprint density at radius 3 is 2.59 bits per heavy atom. The van der Waals surface area contributed by atoms with Crippen molar-refractivity contribution in [1.82, 2.24) is 4.90 Å². The number of carbonyl (C=O) groups is 2. The highest BCUT2D eigenvalue weighted by atomic mass is 32.2. The summed E-state index contributed by atoms with van der Waals surface area (Å²) in [6, 6.07) is 8.44. The maximum Gasteiger partial charge on any atom is 0.271 e. The van der Waals surface area contributed by atoms with Crippen LogP contribution < -0.4 is 4.74 Å². The molecule has 29 heavy (non-hydrogen) atoms. The number of rotatable bonds is 4. The van der Waals surface area contributed by atoms with Crippen LogP contribution in [0, 0.1) is 11.3 Å². The van der Waals surface area contributed by atoms with Gasteiger partial charge in [-0.1, -0.05) is 30.4 Å². The van der Waals surface area contributed by atoms with E-state index in [1.165, 1.54) is 6.08 Å². The van der Waals surface area contributed by atoms with Crippen LogP contribution in [0.2, 0.25) is 0 Å². The van der Waals surface area contributed by atoms with Crippen LogP contribution in [0.15, 0.2) is 53.1 Å². The molecule has 0 unspecified atom stereocenters. The van der Waals surface area contributed by atoms with E-state index in [2.05, 4.69) is 0 Å². The van der Waals surface area contributed by atoms with Gasteiger partial charge in [-0.3, -0.25) is 14.5 Å². The van der Waals surface area contributed by atoms with Gasteiger partial charge in [0.1, 0.15) is 17.4 Å². The zero-order chi connectivity index (χ0) is 21.2. The molecule has 1 aromatic carbocycles. The van der Waals surface area contributed by atoms with Crippen molar-refractivity contribution in [3.8, 4) is 11.8 Å². The number of hydrogen-bond acceptors (Lipinski definition) is 6. The van der Waals surface area contributed by atoms with Crippen LogP contribution in [0.5, 0.6) is 5.75 Å². The Kier molecular flexibility index (Phi) is 5.71. The fraction of sp³-hybridized carbons (Fsp3) is 0.286. The Morgan fingerprint density at radius 2 is 1.97 bits per heavy atom. The summed E-state index contributed by atoms with van der Waals surface area (Å²) >= 11 is 0. The first-order chi connectivity index (χ1) is 13.8. The molecule has 7 nitrogen and oxygen atoms in total. The predicted octanol–water partition coefficient (Wildman–Crippen LogP) is 2.03. The molecule has 2 amide bonds. The highest BCUT2D eigenvalue weighted by molar-refractivity contribution is 7.91. The topological polar surface area (TPSA) is 105 Å². The van der Waals surface area contributed by atoms with Crippen LogP contribution >= 0.6 is 0 Å². The fourth-order valence-corrected chi connectivity index (χ4v) is 5.19. The summed E-state index contributed by atoms with van der Waals surface area (Å²) in [7, 11) is -1.74. The zero-order valence-corrected chi connectivity index (χ0v) is 16.9. The van der Waals surface area contributed by atoms with Gasteiger partial charge >= 0.3 is 0 Å². The fourth-order valence-electron chi connectivity index (χ4n) is 3.49. The van der Waals surface area contributed by atoms with Crippen molar-refractivity contribution in [2.24, 2.45) is 0 Å². The van der Waals surface area contributed by atoms with Crippen LogP contribution in [0.1, 0.15) is 18.9 Å². The number of nitriles is 1. The minimum atomic E-state index is -3.30. The molecule has 8 heteroatoms. The number of allylic oxidation sites excluding steroid dienone is 2. The monoisotopic (exact) mass is 412 g/mol. The van der Waals surface area contributed by atoms with E-state index in [-0.39, 0.29) is 34.6 Å². The normalized spacial score (nSPS) is 23.1. The molecular formula is C21H20N2O5S. The lowest BCUT2D eigenvalue weighted by molar-refractivity contribution is -0.142. The van der Waals surface area contributed by atoms with Crippen molar-refractivity contribution < 1.29 is 22.7 Å². The van der Waals surface area contributed by atoms with Gasteiger partial charge in [-0.25, -0.2) is 8.42 Å². The first kappa shape index (κ1) is 20.6. The van der Waals surface area contributed by atoms with E-state index in [1.54, 1.807) is 32.3 Å². The van der Waals surface area contributed by atoms with Crippen molar-refractivity contribution in [2.75, 3.05) is 18.6 Å². The summed E-state index contributed by atoms with van der Waals surface area (Å²) in [6.45, 7) is 1.54. The second-order valence-corrected chi connectivity index (χ2v) is 9.06. The van der Waals surface area contributed by atoms with Crippen LogP contribution in [0.4, 0.5) is 0 Å². The first-order valence-corrected chi connectivity index (χ1v) is 10.8. The minimum Gasteiger partial charge on any atom is -0.496 e. The largest absolute Gasteiger partial charge is 0.496 e. The Labute approximate surface area is 169 Å². The number of carbonyl (C=O) groups excluding carboxylic acids is 2. The molecule has 2 heterocycles. The smallest absolute Gasteiger partial charge is 0.271 e. The number of benzene rings is 1. The van der Waals surface area contributed by atoms with Gasteiger partial charge in [0.15, 0.2) is 9.84 Å². The van der Waals surface area contributed by atoms with Gasteiger partial charge in [-0.15, -0.1) is 0 Å². The molecule has 0 spiro atoms. The molecule has 2 aliphatic rings. The molecule has 2 aliphatic heterocycles. The third-order valence-electron chi connectivity index (χ3n) is 5.02. The SMILES string of the molecule is COc1ccccc1/C=C/C=C1/C(=O)N([C@@H]2CCS(=O)(=O)C2)C(=O)C(C#N)=C1C. The van der Waals surface area contributed by atoms with Gasteiger partial charge in [0.25, 0.3) is 11.8 Å². The lowest BCUT2D eigenvalue weighted by Crippen LogP contribution is -2.49. The van der Waals surface area contributed by atoms with Crippen LogP contribution in [-0.4, -0.2) is 49.8 Å². The van der Waals surface area contributed by atoms with E-state index in [0.717, 1.165) is 10.5 Å². The molecule has 0 bridgehead atoms. The zero-order valence-electron chi connectivity index (χ0n) is 16.1. The number of amides is 2. The predicted molar refractivity (Wildman–Crippen MR) is 107 cm³/mol. The van der Waals surface area contributed by atoms with Crippen molar-refractivity contribution >= 4 is 27.7 Å². The summed E-state index contributed by atoms with van der Waals surface area (Å²) in [5, 5.41) is 9.42. The maximum absolute atomic E-state index is 13.0. The minimum absolute atomic E-state index is 0.0773. The van der Waals surface area contributed by atoms with Crippen LogP contribution in [-0.2, 0) is 19.4 Å². The van der Waals surface area contributed by atoms with Gasteiger partial charge in [0.2, 0.25) is 0 Å². The number of sulfone groups is 1. The van der Waals surface area contributed by atoms with E-state index in [4.69, 9.17) is 4.74 Å². The van der Waals surface area contributed by atoms with Crippen molar-refractivity contribution in [3.63, 3.8) is 0 Å². The third-order valence-corrected chi connectivity index (χ3v) is 6.77. The highest BCUT2D eigenvalue weighted by Gasteiger charge is 2.43. The molecule has 1 aromatic rings. The molecule has 1 saturated heterocycles. The molecule has 1 fully saturated rings. The van der Waals surface area contributed by atoms with E-state index in [9.17, 15) is 23.3 Å². The van der Waals surface area contributed by atoms with Gasteiger partial charge in [-0.2, -0.15) is 5.26 Å². The molecular weight excluding hydrogens is 392 g/mol. The molecule has 0 N–H and O–H groups in total. The Bertz CT molecular complexity index is 1110. The lowest BCUT2D eigenvalue weighted by Gasteiger charge is -2.31. The van der Waals surface area contributed by atoms with Crippen LogP contribution in [0.25, 0.3) is 6.08 Å². The van der Waals surface area contributed by atoms with Gasteiger partial charge in [-0.05, 0) is 31.1 Å². The van der Waals surface area contributed by atoms with E-state index < -0.39 is 27.7 Å². The van der Waals surface area contributed by atoms with Crippen molar-refractivity contribution in [2.45, 2.75) is 19.4 Å². The molecule has 0 aromatic heterocycles. The summed E-state index contributed by atoms with van der Waals surface area (Å²) in [6.07, 6.45) is 5.11. The second-order valence-electron chi connectivity index (χ2n) is 6.83. The number of methoxy groups -OCH3 is 1. The first-order valence-electron chi connectivity index (χ1n) is 9.00. The number of imide groups is 1. The molecule has 3 rings (SSSR count). The van der Waals surface area contributed by atoms with Crippen molar-refractivity contribution in [3.05, 3.63) is 58.7 Å². The Balaban J connectivity index is 1.99.